The first-order valence-electron chi connectivity index (χ1n) is 1.32. The fraction of sp³-hybridized carbons (Fsp3) is 0.500. The SMILES string of the molecule is [2H]C(=O)CBr. The van der Waals surface area contributed by atoms with Crippen LogP contribution in [0.2, 0.25) is 0 Å². The van der Waals surface area contributed by atoms with Gasteiger partial charge in [-0.15, -0.1) is 0 Å². The van der Waals surface area contributed by atoms with Gasteiger partial charge in [0.05, 0.1) is 5.33 Å². The van der Waals surface area contributed by atoms with Crippen molar-refractivity contribution in [2.45, 2.75) is 0 Å². The molecule has 0 aliphatic heterocycles. The zero-order valence-corrected chi connectivity index (χ0v) is 3.58. The Bertz CT molecular complexity index is 44.9. The van der Waals surface area contributed by atoms with Gasteiger partial charge in [0.25, 0.3) is 0 Å². The number of halogens is 1. The minimum absolute atomic E-state index is 0.146. The number of alkyl halides is 1. The highest BCUT2D eigenvalue weighted by Gasteiger charge is 1.55. The normalized spacial score (nSPS) is 9.75. The Balaban J connectivity index is 2.85. The second-order valence-electron chi connectivity index (χ2n) is 0.278. The lowest BCUT2D eigenvalue weighted by Crippen LogP contribution is -1.61. The molecule has 0 rings (SSSR count). The predicted octanol–water partition coefficient (Wildman–Crippen LogP) is 0.580. The lowest BCUT2D eigenvalue weighted by atomic mass is 11.0. The van der Waals surface area contributed by atoms with Crippen molar-refractivity contribution in [3.05, 3.63) is 0 Å². The fourth-order valence-corrected chi connectivity index (χ4v) is 0. The van der Waals surface area contributed by atoms with Crippen molar-refractivity contribution in [1.29, 1.82) is 0 Å². The third-order valence-corrected chi connectivity index (χ3v) is 0.283. The molecule has 0 aliphatic carbocycles. The Kier molecular flexibility index (Phi) is 1.88. The van der Waals surface area contributed by atoms with Gasteiger partial charge in [0.2, 0.25) is 0 Å². The Morgan fingerprint density at radius 2 is 2.75 bits per heavy atom. The van der Waals surface area contributed by atoms with Crippen LogP contribution in [0.1, 0.15) is 1.37 Å². The molecular formula is C2H3BrO. The van der Waals surface area contributed by atoms with E-state index in [9.17, 15) is 4.79 Å². The third-order valence-electron chi connectivity index (χ3n) is 0.0546. The van der Waals surface area contributed by atoms with E-state index in [1.807, 2.05) is 0 Å². The van der Waals surface area contributed by atoms with Crippen molar-refractivity contribution < 1.29 is 6.17 Å². The minimum Gasteiger partial charge on any atom is -0.302 e. The minimum atomic E-state index is -0.579. The van der Waals surface area contributed by atoms with Gasteiger partial charge in [0, 0.05) is 0 Å². The molecule has 0 heterocycles. The molecule has 0 N–H and O–H groups in total. The fourth-order valence-electron chi connectivity index (χ4n) is 0. The van der Waals surface area contributed by atoms with Crippen LogP contribution in [-0.2, 0) is 4.79 Å². The second kappa shape index (κ2) is 3.15. The van der Waals surface area contributed by atoms with Gasteiger partial charge in [-0.2, -0.15) is 0 Å². The molecule has 4 heavy (non-hydrogen) atoms. The molecule has 0 saturated carbocycles. The Hall–Kier alpha value is 0.150. The standard InChI is InChI=1S/C2H3BrO/c3-1-2-4/h2H,1H2/i2D. The maximum atomic E-state index is 9.43. The zero-order chi connectivity index (χ0) is 4.28. The summed E-state index contributed by atoms with van der Waals surface area (Å²) in [5.74, 6) is 0. The molecule has 1 nitrogen and oxygen atoms in total. The van der Waals surface area contributed by atoms with Gasteiger partial charge in [-0.25, -0.2) is 0 Å². The largest absolute Gasteiger partial charge is 0.302 e. The summed E-state index contributed by atoms with van der Waals surface area (Å²) in [6, 6.07) is 0. The van der Waals surface area contributed by atoms with Crippen LogP contribution in [0.25, 0.3) is 0 Å². The lowest BCUT2D eigenvalue weighted by molar-refractivity contribution is -0.105. The Morgan fingerprint density at radius 1 is 2.50 bits per heavy atom. The number of rotatable bonds is 1. The van der Waals surface area contributed by atoms with Gasteiger partial charge in [0.1, 0.15) is 7.63 Å². The highest BCUT2D eigenvalue weighted by atomic mass is 79.9. The molecule has 0 aromatic rings. The topological polar surface area (TPSA) is 17.1 Å². The van der Waals surface area contributed by atoms with Crippen LogP contribution in [0.4, 0.5) is 0 Å². The number of carbonyl (C=O) groups is 1. The molecule has 0 aromatic heterocycles. The molecular weight excluding hydrogens is 120 g/mol. The van der Waals surface area contributed by atoms with Crippen LogP contribution in [0, 0.1) is 0 Å². The second-order valence-corrected chi connectivity index (χ2v) is 0.839. The summed E-state index contributed by atoms with van der Waals surface area (Å²) in [6.07, 6.45) is -0.579. The van der Waals surface area contributed by atoms with E-state index in [-0.39, 0.29) is 5.33 Å². The van der Waals surface area contributed by atoms with Crippen LogP contribution in [0.5, 0.6) is 0 Å². The lowest BCUT2D eigenvalue weighted by Gasteiger charge is -1.49. The first kappa shape index (κ1) is 2.39. The Labute approximate surface area is 34.5 Å². The van der Waals surface area contributed by atoms with E-state index in [4.69, 9.17) is 1.37 Å². The highest BCUT2D eigenvalue weighted by Crippen LogP contribution is 1.65. The van der Waals surface area contributed by atoms with Crippen molar-refractivity contribution in [2.75, 3.05) is 5.33 Å². The van der Waals surface area contributed by atoms with Gasteiger partial charge in [-0.3, -0.25) is 0 Å². The molecule has 0 spiro atoms. The molecule has 0 unspecified atom stereocenters. The van der Waals surface area contributed by atoms with Gasteiger partial charge in [-0.05, 0) is 0 Å². The molecule has 0 amide bonds. The molecule has 0 bridgehead atoms. The molecule has 24 valence electrons. The first-order chi connectivity index (χ1) is 2.27. The van der Waals surface area contributed by atoms with Crippen molar-refractivity contribution in [3.8, 4) is 0 Å². The third kappa shape index (κ3) is 2.15. The average molecular weight is 124 g/mol. The molecule has 0 aliphatic rings. The van der Waals surface area contributed by atoms with E-state index in [0.717, 1.165) is 0 Å². The Morgan fingerprint density at radius 3 is 2.75 bits per heavy atom. The molecule has 2 heteroatoms. The monoisotopic (exact) mass is 123 g/mol. The summed E-state index contributed by atoms with van der Waals surface area (Å²) in [5, 5.41) is 0.146. The van der Waals surface area contributed by atoms with E-state index in [1.54, 1.807) is 0 Å². The maximum absolute atomic E-state index is 9.43. The van der Waals surface area contributed by atoms with Crippen LogP contribution in [0.15, 0.2) is 0 Å². The summed E-state index contributed by atoms with van der Waals surface area (Å²) in [5.41, 5.74) is 0. The quantitative estimate of drug-likeness (QED) is 0.369. The van der Waals surface area contributed by atoms with Crippen LogP contribution >= 0.6 is 15.9 Å². The summed E-state index contributed by atoms with van der Waals surface area (Å²) in [4.78, 5) is 9.43. The summed E-state index contributed by atoms with van der Waals surface area (Å²) < 4.78 is 6.14. The van der Waals surface area contributed by atoms with E-state index in [2.05, 4.69) is 15.9 Å². The maximum Gasteiger partial charge on any atom is 0.130 e. The van der Waals surface area contributed by atoms with Gasteiger partial charge >= 0.3 is 0 Å². The molecule has 0 aromatic carbocycles. The van der Waals surface area contributed by atoms with Crippen LogP contribution < -0.4 is 0 Å². The molecule has 0 fully saturated rings. The smallest absolute Gasteiger partial charge is 0.130 e. The zero-order valence-electron chi connectivity index (χ0n) is 2.99. The molecule has 0 radical (unpaired) electrons. The van der Waals surface area contributed by atoms with E-state index < -0.39 is 6.26 Å². The van der Waals surface area contributed by atoms with Crippen LogP contribution in [0.3, 0.4) is 0 Å². The van der Waals surface area contributed by atoms with Crippen molar-refractivity contribution in [3.63, 3.8) is 0 Å². The van der Waals surface area contributed by atoms with Crippen molar-refractivity contribution in [2.24, 2.45) is 0 Å². The van der Waals surface area contributed by atoms with Gasteiger partial charge in [-0.1, -0.05) is 15.9 Å². The van der Waals surface area contributed by atoms with E-state index in [1.165, 1.54) is 0 Å². The van der Waals surface area contributed by atoms with Crippen molar-refractivity contribution in [1.82, 2.24) is 0 Å². The first-order valence-corrected chi connectivity index (χ1v) is 1.95. The molecule has 0 atom stereocenters. The average Bonchev–Trinajstić information content (AvgIpc) is 1.38. The number of hydrogen-bond donors (Lipinski definition) is 0. The van der Waals surface area contributed by atoms with Crippen LogP contribution in [-0.4, -0.2) is 11.6 Å². The molecule has 0 saturated heterocycles. The van der Waals surface area contributed by atoms with E-state index in [0.29, 0.717) is 0 Å². The number of carbonyl (C=O) groups excluding carboxylic acids is 1. The summed E-state index contributed by atoms with van der Waals surface area (Å²) >= 11 is 2.78. The predicted molar refractivity (Wildman–Crippen MR) is 19.9 cm³/mol. The number of aldehydes is 1. The van der Waals surface area contributed by atoms with E-state index >= 15 is 0 Å². The van der Waals surface area contributed by atoms with Crippen molar-refractivity contribution >= 4 is 22.2 Å². The summed E-state index contributed by atoms with van der Waals surface area (Å²) in [7, 11) is 0. The summed E-state index contributed by atoms with van der Waals surface area (Å²) in [6.45, 7) is 0. The van der Waals surface area contributed by atoms with Gasteiger partial charge in [0.15, 0.2) is 0 Å². The number of hydrogen-bond acceptors (Lipinski definition) is 1. The van der Waals surface area contributed by atoms with Gasteiger partial charge < -0.3 is 4.79 Å². The highest BCUT2D eigenvalue weighted by molar-refractivity contribution is 9.09.